The van der Waals surface area contributed by atoms with Crippen molar-refractivity contribution in [1.29, 1.82) is 0 Å². The summed E-state index contributed by atoms with van der Waals surface area (Å²) in [5, 5.41) is 5.97. The second-order valence-electron chi connectivity index (χ2n) is 4.11. The molecule has 0 saturated carbocycles. The lowest BCUT2D eigenvalue weighted by Gasteiger charge is -2.12. The van der Waals surface area contributed by atoms with Gasteiger partial charge in [-0.2, -0.15) is 0 Å². The van der Waals surface area contributed by atoms with Crippen LogP contribution in [0, 0.1) is 6.92 Å². The monoisotopic (exact) mass is 243 g/mol. The van der Waals surface area contributed by atoms with E-state index >= 15 is 0 Å². The minimum atomic E-state index is -0.0592. The van der Waals surface area contributed by atoms with Gasteiger partial charge in [0.05, 0.1) is 6.54 Å². The van der Waals surface area contributed by atoms with Gasteiger partial charge in [-0.3, -0.25) is 4.79 Å². The van der Waals surface area contributed by atoms with Crippen LogP contribution in [0.2, 0.25) is 0 Å². The first kappa shape index (κ1) is 12.2. The first-order chi connectivity index (χ1) is 8.72. The Labute approximate surface area is 106 Å². The van der Waals surface area contributed by atoms with Crippen molar-refractivity contribution in [2.45, 2.75) is 13.5 Å². The molecule has 1 heterocycles. The van der Waals surface area contributed by atoms with E-state index in [0.29, 0.717) is 12.1 Å². The smallest absolute Gasteiger partial charge is 0.251 e. The molecule has 0 aliphatic carbocycles. The number of nitrogens with one attached hydrogen (secondary N) is 3. The average molecular weight is 243 g/mol. The summed E-state index contributed by atoms with van der Waals surface area (Å²) in [6.07, 6.45) is 1.89. The summed E-state index contributed by atoms with van der Waals surface area (Å²) in [6.45, 7) is 2.66. The van der Waals surface area contributed by atoms with Crippen molar-refractivity contribution in [1.82, 2.24) is 10.3 Å². The standard InChI is InChI=1S/C14H17N3O/c1-10-12(14(18)15-2)6-3-7-13(10)17-9-11-5-4-8-16-11/h3-8,16-17H,9H2,1-2H3,(H,15,18). The van der Waals surface area contributed by atoms with Crippen LogP contribution in [-0.4, -0.2) is 17.9 Å². The Kier molecular flexibility index (Phi) is 3.67. The first-order valence-electron chi connectivity index (χ1n) is 5.90. The third-order valence-electron chi connectivity index (χ3n) is 2.94. The summed E-state index contributed by atoms with van der Waals surface area (Å²) >= 11 is 0. The van der Waals surface area contributed by atoms with Crippen molar-refractivity contribution in [2.24, 2.45) is 0 Å². The molecule has 1 aromatic heterocycles. The normalized spacial score (nSPS) is 10.1. The number of anilines is 1. The highest BCUT2D eigenvalue weighted by molar-refractivity contribution is 5.96. The zero-order valence-electron chi connectivity index (χ0n) is 10.6. The second-order valence-corrected chi connectivity index (χ2v) is 4.11. The van der Waals surface area contributed by atoms with Crippen LogP contribution in [-0.2, 0) is 6.54 Å². The Morgan fingerprint density at radius 1 is 1.28 bits per heavy atom. The summed E-state index contributed by atoms with van der Waals surface area (Å²) in [5.41, 5.74) is 3.75. The predicted molar refractivity (Wildman–Crippen MR) is 72.7 cm³/mol. The molecule has 0 fully saturated rings. The number of H-pyrrole nitrogens is 1. The lowest BCUT2D eigenvalue weighted by atomic mass is 10.1. The van der Waals surface area contributed by atoms with Gasteiger partial charge in [0, 0.05) is 30.2 Å². The number of benzene rings is 1. The number of aromatic amines is 1. The highest BCUT2D eigenvalue weighted by atomic mass is 16.1. The highest BCUT2D eigenvalue weighted by Crippen LogP contribution is 2.19. The van der Waals surface area contributed by atoms with Crippen molar-refractivity contribution in [3.8, 4) is 0 Å². The molecule has 18 heavy (non-hydrogen) atoms. The molecule has 1 amide bonds. The third-order valence-corrected chi connectivity index (χ3v) is 2.94. The van der Waals surface area contributed by atoms with Gasteiger partial charge in [0.15, 0.2) is 0 Å². The Morgan fingerprint density at radius 2 is 2.11 bits per heavy atom. The van der Waals surface area contributed by atoms with Crippen molar-refractivity contribution >= 4 is 11.6 Å². The van der Waals surface area contributed by atoms with E-state index in [-0.39, 0.29) is 5.91 Å². The fraction of sp³-hybridized carbons (Fsp3) is 0.214. The molecule has 94 valence electrons. The second kappa shape index (κ2) is 5.40. The van der Waals surface area contributed by atoms with Gasteiger partial charge in [-0.25, -0.2) is 0 Å². The van der Waals surface area contributed by atoms with E-state index in [1.54, 1.807) is 7.05 Å². The molecule has 4 nitrogen and oxygen atoms in total. The number of carbonyl (C=O) groups excluding carboxylic acids is 1. The van der Waals surface area contributed by atoms with E-state index in [0.717, 1.165) is 16.9 Å². The molecule has 0 aliphatic heterocycles. The van der Waals surface area contributed by atoms with Crippen LogP contribution >= 0.6 is 0 Å². The number of aromatic nitrogens is 1. The van der Waals surface area contributed by atoms with Crippen LogP contribution in [0.4, 0.5) is 5.69 Å². The number of carbonyl (C=O) groups is 1. The van der Waals surface area contributed by atoms with Gasteiger partial charge in [-0.15, -0.1) is 0 Å². The molecule has 0 radical (unpaired) electrons. The minimum absolute atomic E-state index is 0.0592. The van der Waals surface area contributed by atoms with E-state index in [1.165, 1.54) is 0 Å². The fourth-order valence-electron chi connectivity index (χ4n) is 1.88. The van der Waals surface area contributed by atoms with Gasteiger partial charge in [-0.05, 0) is 36.8 Å². The molecule has 0 atom stereocenters. The predicted octanol–water partition coefficient (Wildman–Crippen LogP) is 2.29. The fourth-order valence-corrected chi connectivity index (χ4v) is 1.88. The van der Waals surface area contributed by atoms with Crippen LogP contribution in [0.1, 0.15) is 21.6 Å². The molecular weight excluding hydrogens is 226 g/mol. The van der Waals surface area contributed by atoms with E-state index in [2.05, 4.69) is 15.6 Å². The largest absolute Gasteiger partial charge is 0.379 e. The molecule has 0 unspecified atom stereocenters. The summed E-state index contributed by atoms with van der Waals surface area (Å²) in [4.78, 5) is 14.8. The zero-order chi connectivity index (χ0) is 13.0. The van der Waals surface area contributed by atoms with Crippen molar-refractivity contribution < 1.29 is 4.79 Å². The molecule has 0 aliphatic rings. The lowest BCUT2D eigenvalue weighted by Crippen LogP contribution is -2.19. The number of hydrogen-bond acceptors (Lipinski definition) is 2. The van der Waals surface area contributed by atoms with Gasteiger partial charge in [-0.1, -0.05) is 6.07 Å². The Balaban J connectivity index is 2.16. The van der Waals surface area contributed by atoms with Gasteiger partial charge >= 0.3 is 0 Å². The maximum absolute atomic E-state index is 11.7. The van der Waals surface area contributed by atoms with Crippen LogP contribution in [0.5, 0.6) is 0 Å². The summed E-state index contributed by atoms with van der Waals surface area (Å²) in [7, 11) is 1.64. The molecular formula is C14H17N3O. The third kappa shape index (κ3) is 2.53. The summed E-state index contributed by atoms with van der Waals surface area (Å²) in [5.74, 6) is -0.0592. The molecule has 2 rings (SSSR count). The van der Waals surface area contributed by atoms with Gasteiger partial charge in [0.1, 0.15) is 0 Å². The number of rotatable bonds is 4. The van der Waals surface area contributed by atoms with E-state index < -0.39 is 0 Å². The molecule has 4 heteroatoms. The molecule has 0 spiro atoms. The molecule has 1 aromatic carbocycles. The van der Waals surface area contributed by atoms with E-state index in [9.17, 15) is 4.79 Å². The Morgan fingerprint density at radius 3 is 2.78 bits per heavy atom. The van der Waals surface area contributed by atoms with Crippen LogP contribution in [0.15, 0.2) is 36.5 Å². The number of amides is 1. The Bertz CT molecular complexity index is 532. The Hall–Kier alpha value is -2.23. The van der Waals surface area contributed by atoms with Crippen LogP contribution in [0.25, 0.3) is 0 Å². The van der Waals surface area contributed by atoms with Gasteiger partial charge in [0.25, 0.3) is 5.91 Å². The molecule has 2 aromatic rings. The van der Waals surface area contributed by atoms with E-state index in [1.807, 2.05) is 43.5 Å². The topological polar surface area (TPSA) is 56.9 Å². The van der Waals surface area contributed by atoms with Gasteiger partial charge < -0.3 is 15.6 Å². The van der Waals surface area contributed by atoms with Crippen molar-refractivity contribution in [3.63, 3.8) is 0 Å². The quantitative estimate of drug-likeness (QED) is 0.771. The molecule has 0 bridgehead atoms. The minimum Gasteiger partial charge on any atom is -0.379 e. The van der Waals surface area contributed by atoms with Crippen molar-refractivity contribution in [2.75, 3.05) is 12.4 Å². The van der Waals surface area contributed by atoms with Gasteiger partial charge in [0.2, 0.25) is 0 Å². The highest BCUT2D eigenvalue weighted by Gasteiger charge is 2.09. The SMILES string of the molecule is CNC(=O)c1cccc(NCc2ccc[nH]2)c1C. The maximum atomic E-state index is 11.7. The average Bonchev–Trinajstić information content (AvgIpc) is 2.90. The van der Waals surface area contributed by atoms with E-state index in [4.69, 9.17) is 0 Å². The lowest BCUT2D eigenvalue weighted by molar-refractivity contribution is 0.0962. The summed E-state index contributed by atoms with van der Waals surface area (Å²) < 4.78 is 0. The van der Waals surface area contributed by atoms with Crippen LogP contribution in [0.3, 0.4) is 0 Å². The van der Waals surface area contributed by atoms with Crippen molar-refractivity contribution in [3.05, 3.63) is 53.3 Å². The molecule has 3 N–H and O–H groups in total. The first-order valence-corrected chi connectivity index (χ1v) is 5.90. The zero-order valence-corrected chi connectivity index (χ0v) is 10.6. The molecule has 0 saturated heterocycles. The maximum Gasteiger partial charge on any atom is 0.251 e. The summed E-state index contributed by atoms with van der Waals surface area (Å²) in [6, 6.07) is 9.67. The van der Waals surface area contributed by atoms with Crippen LogP contribution < -0.4 is 10.6 Å². The number of hydrogen-bond donors (Lipinski definition) is 3.